The van der Waals surface area contributed by atoms with Gasteiger partial charge in [-0.3, -0.25) is 4.39 Å². The van der Waals surface area contributed by atoms with Gasteiger partial charge in [-0.05, 0) is 6.07 Å². The minimum absolute atomic E-state index is 0.287. The first-order chi connectivity index (χ1) is 7.81. The fourth-order valence-electron chi connectivity index (χ4n) is 1.20. The van der Waals surface area contributed by atoms with Crippen LogP contribution in [-0.2, 0) is 0 Å². The summed E-state index contributed by atoms with van der Waals surface area (Å²) in [6.45, 7) is -0.119. The minimum Gasteiger partial charge on any atom is -0.476 e. The molecule has 2 aromatic heterocycles. The molecule has 0 radical (unpaired) electrons. The van der Waals surface area contributed by atoms with E-state index < -0.39 is 6.67 Å². The number of pyridine rings is 1. The highest BCUT2D eigenvalue weighted by Crippen LogP contribution is 2.18. The lowest BCUT2D eigenvalue weighted by Gasteiger charge is -2.04. The van der Waals surface area contributed by atoms with Crippen molar-refractivity contribution in [2.75, 3.05) is 13.3 Å². The second kappa shape index (κ2) is 5.03. The standard InChI is InChI=1S/C10H9ClFN3O/c11-10-9-7(2-4-13-10)15-8(6-14-9)16-5-1-3-12/h2,4,6H,1,3,5H2. The quantitative estimate of drug-likeness (QED) is 0.609. The Bertz CT molecular complexity index is 494. The van der Waals surface area contributed by atoms with Gasteiger partial charge in [-0.25, -0.2) is 15.0 Å². The zero-order valence-corrected chi connectivity index (χ0v) is 9.12. The van der Waals surface area contributed by atoms with Crippen LogP contribution in [0.25, 0.3) is 11.0 Å². The molecule has 0 saturated heterocycles. The topological polar surface area (TPSA) is 47.9 Å². The van der Waals surface area contributed by atoms with Crippen molar-refractivity contribution in [3.63, 3.8) is 0 Å². The summed E-state index contributed by atoms with van der Waals surface area (Å²) in [4.78, 5) is 12.1. The number of aromatic nitrogens is 3. The number of fused-ring (bicyclic) bond motifs is 1. The maximum absolute atomic E-state index is 11.9. The van der Waals surface area contributed by atoms with Crippen molar-refractivity contribution in [2.24, 2.45) is 0 Å². The molecule has 0 aliphatic carbocycles. The number of alkyl halides is 1. The Labute approximate surface area is 96.4 Å². The van der Waals surface area contributed by atoms with Crippen molar-refractivity contribution >= 4 is 22.6 Å². The summed E-state index contributed by atoms with van der Waals surface area (Å²) in [5, 5.41) is 0.306. The third-order valence-corrected chi connectivity index (χ3v) is 2.20. The number of nitrogens with zero attached hydrogens (tertiary/aromatic N) is 3. The highest BCUT2D eigenvalue weighted by molar-refractivity contribution is 6.33. The smallest absolute Gasteiger partial charge is 0.232 e. The molecule has 4 nitrogen and oxygen atoms in total. The second-order valence-electron chi connectivity index (χ2n) is 3.07. The molecule has 0 N–H and O–H groups in total. The molecule has 0 spiro atoms. The van der Waals surface area contributed by atoms with Crippen molar-refractivity contribution < 1.29 is 9.13 Å². The molecule has 84 valence electrons. The predicted molar refractivity (Wildman–Crippen MR) is 58.4 cm³/mol. The van der Waals surface area contributed by atoms with Crippen LogP contribution in [0.4, 0.5) is 4.39 Å². The van der Waals surface area contributed by atoms with E-state index in [0.29, 0.717) is 28.5 Å². The van der Waals surface area contributed by atoms with Crippen LogP contribution in [0.1, 0.15) is 6.42 Å². The molecule has 0 aromatic carbocycles. The van der Waals surface area contributed by atoms with Gasteiger partial charge in [0.1, 0.15) is 5.52 Å². The third-order valence-electron chi connectivity index (χ3n) is 1.92. The molecule has 0 aliphatic rings. The maximum atomic E-state index is 11.9. The molecule has 16 heavy (non-hydrogen) atoms. The van der Waals surface area contributed by atoms with Crippen molar-refractivity contribution in [3.05, 3.63) is 23.6 Å². The highest BCUT2D eigenvalue weighted by atomic mass is 35.5. The van der Waals surface area contributed by atoms with Gasteiger partial charge in [0.25, 0.3) is 0 Å². The summed E-state index contributed by atoms with van der Waals surface area (Å²) in [7, 11) is 0. The number of halogens is 2. The van der Waals surface area contributed by atoms with Gasteiger partial charge in [-0.1, -0.05) is 11.6 Å². The van der Waals surface area contributed by atoms with Gasteiger partial charge in [0.15, 0.2) is 5.15 Å². The number of rotatable bonds is 4. The molecule has 0 saturated carbocycles. The average molecular weight is 242 g/mol. The van der Waals surface area contributed by atoms with Gasteiger partial charge in [0, 0.05) is 12.6 Å². The van der Waals surface area contributed by atoms with E-state index in [1.54, 1.807) is 12.3 Å². The molecule has 0 bridgehead atoms. The summed E-state index contributed by atoms with van der Waals surface area (Å²) in [6.07, 6.45) is 3.34. The fourth-order valence-corrected chi connectivity index (χ4v) is 1.40. The Kier molecular flexibility index (Phi) is 3.46. The Balaban J connectivity index is 2.23. The summed E-state index contributed by atoms with van der Waals surface area (Å²) in [5.74, 6) is 0.364. The van der Waals surface area contributed by atoms with Gasteiger partial charge in [0.05, 0.1) is 25.0 Å². The molecule has 0 aliphatic heterocycles. The second-order valence-corrected chi connectivity index (χ2v) is 3.43. The van der Waals surface area contributed by atoms with E-state index in [-0.39, 0.29) is 6.61 Å². The van der Waals surface area contributed by atoms with Crippen LogP contribution in [0.15, 0.2) is 18.5 Å². The average Bonchev–Trinajstić information content (AvgIpc) is 2.30. The van der Waals surface area contributed by atoms with Gasteiger partial charge >= 0.3 is 0 Å². The van der Waals surface area contributed by atoms with Crippen LogP contribution < -0.4 is 4.74 Å². The van der Waals surface area contributed by atoms with E-state index in [1.807, 2.05) is 0 Å². The van der Waals surface area contributed by atoms with Crippen LogP contribution in [0.5, 0.6) is 5.88 Å². The van der Waals surface area contributed by atoms with E-state index in [0.717, 1.165) is 0 Å². The van der Waals surface area contributed by atoms with Gasteiger partial charge in [0.2, 0.25) is 5.88 Å². The maximum Gasteiger partial charge on any atom is 0.232 e. The molecule has 0 fully saturated rings. The molecule has 0 atom stereocenters. The molecule has 2 heterocycles. The first-order valence-electron chi connectivity index (χ1n) is 4.77. The first-order valence-corrected chi connectivity index (χ1v) is 5.15. The summed E-state index contributed by atoms with van der Waals surface area (Å²) in [6, 6.07) is 1.69. The van der Waals surface area contributed by atoms with E-state index in [9.17, 15) is 4.39 Å². The van der Waals surface area contributed by atoms with E-state index in [2.05, 4.69) is 15.0 Å². The molecular weight excluding hydrogens is 233 g/mol. The predicted octanol–water partition coefficient (Wildman–Crippen LogP) is 2.42. The lowest BCUT2D eigenvalue weighted by molar-refractivity contribution is 0.280. The Hall–Kier alpha value is -1.49. The van der Waals surface area contributed by atoms with Crippen LogP contribution in [0.3, 0.4) is 0 Å². The zero-order valence-electron chi connectivity index (χ0n) is 8.36. The van der Waals surface area contributed by atoms with Crippen LogP contribution >= 0.6 is 11.6 Å². The van der Waals surface area contributed by atoms with Crippen LogP contribution in [-0.4, -0.2) is 28.2 Å². The summed E-state index contributed by atoms with van der Waals surface area (Å²) >= 11 is 5.83. The monoisotopic (exact) mass is 241 g/mol. The lowest BCUT2D eigenvalue weighted by atomic mass is 10.4. The summed E-state index contributed by atoms with van der Waals surface area (Å²) < 4.78 is 17.1. The normalized spacial score (nSPS) is 10.6. The Morgan fingerprint density at radius 2 is 2.25 bits per heavy atom. The Morgan fingerprint density at radius 1 is 1.38 bits per heavy atom. The summed E-state index contributed by atoms with van der Waals surface area (Å²) in [5.41, 5.74) is 1.14. The molecular formula is C10H9ClFN3O. The third kappa shape index (κ3) is 2.36. The number of ether oxygens (including phenoxy) is 1. The van der Waals surface area contributed by atoms with E-state index in [4.69, 9.17) is 16.3 Å². The van der Waals surface area contributed by atoms with Gasteiger partial charge in [-0.2, -0.15) is 0 Å². The molecule has 0 amide bonds. The van der Waals surface area contributed by atoms with Crippen molar-refractivity contribution in [2.45, 2.75) is 6.42 Å². The van der Waals surface area contributed by atoms with Crippen LogP contribution in [0.2, 0.25) is 5.15 Å². The molecule has 2 rings (SSSR count). The van der Waals surface area contributed by atoms with Crippen LogP contribution in [0, 0.1) is 0 Å². The molecule has 0 unspecified atom stereocenters. The fraction of sp³-hybridized carbons (Fsp3) is 0.300. The van der Waals surface area contributed by atoms with Crippen molar-refractivity contribution in [1.82, 2.24) is 15.0 Å². The van der Waals surface area contributed by atoms with Crippen molar-refractivity contribution in [3.8, 4) is 5.88 Å². The Morgan fingerprint density at radius 3 is 3.06 bits per heavy atom. The van der Waals surface area contributed by atoms with E-state index in [1.165, 1.54) is 6.20 Å². The lowest BCUT2D eigenvalue weighted by Crippen LogP contribution is -2.00. The molecule has 2 aromatic rings. The van der Waals surface area contributed by atoms with E-state index >= 15 is 0 Å². The zero-order chi connectivity index (χ0) is 11.4. The SMILES string of the molecule is FCCCOc1cnc2c(Cl)nccc2n1. The largest absolute Gasteiger partial charge is 0.476 e. The first kappa shape index (κ1) is 11.0. The van der Waals surface area contributed by atoms with Crippen molar-refractivity contribution in [1.29, 1.82) is 0 Å². The van der Waals surface area contributed by atoms with Gasteiger partial charge < -0.3 is 4.74 Å². The minimum atomic E-state index is -0.406. The van der Waals surface area contributed by atoms with Gasteiger partial charge in [-0.15, -0.1) is 0 Å². The highest BCUT2D eigenvalue weighted by Gasteiger charge is 2.04. The number of hydrogen-bond acceptors (Lipinski definition) is 4. The number of hydrogen-bond donors (Lipinski definition) is 0. The molecule has 6 heteroatoms.